The van der Waals surface area contributed by atoms with Crippen LogP contribution >= 0.6 is 11.6 Å². The Kier molecular flexibility index (Phi) is 5.16. The number of nitrogens with zero attached hydrogens (tertiary/aromatic N) is 2. The van der Waals surface area contributed by atoms with Crippen LogP contribution < -0.4 is 10.9 Å². The lowest BCUT2D eigenvalue weighted by Crippen LogP contribution is -2.32. The molecule has 1 unspecified atom stereocenters. The number of anilines is 1. The van der Waals surface area contributed by atoms with Gasteiger partial charge in [0.05, 0.1) is 30.6 Å². The lowest BCUT2D eigenvalue weighted by Gasteiger charge is -2.22. The van der Waals surface area contributed by atoms with Crippen LogP contribution in [-0.4, -0.2) is 27.5 Å². The molecule has 0 radical (unpaired) electrons. The molecule has 0 saturated heterocycles. The Balaban J connectivity index is 3.06. The molecule has 0 aliphatic rings. The van der Waals surface area contributed by atoms with E-state index in [2.05, 4.69) is 10.4 Å². The van der Waals surface area contributed by atoms with Crippen LogP contribution in [0.2, 0.25) is 5.02 Å². The Hall–Kier alpha value is -1.07. The first-order valence-corrected chi connectivity index (χ1v) is 6.41. The summed E-state index contributed by atoms with van der Waals surface area (Å²) in [6.45, 7) is 7.65. The minimum atomic E-state index is -0.322. The molecule has 102 valence electrons. The fraction of sp³-hybridized carbons (Fsp3) is 0.667. The zero-order valence-electron chi connectivity index (χ0n) is 11.1. The number of halogens is 1. The van der Waals surface area contributed by atoms with Crippen LogP contribution in [0.3, 0.4) is 0 Å². The second-order valence-electron chi connectivity index (χ2n) is 4.89. The normalized spacial score (nSPS) is 13.1. The van der Waals surface area contributed by atoms with Crippen LogP contribution in [-0.2, 0) is 0 Å². The first-order chi connectivity index (χ1) is 8.38. The van der Waals surface area contributed by atoms with Gasteiger partial charge in [-0.05, 0) is 19.8 Å². The average molecular weight is 274 g/mol. The summed E-state index contributed by atoms with van der Waals surface area (Å²) in [5.74, 6) is 0.221. The third-order valence-electron chi connectivity index (χ3n) is 2.78. The summed E-state index contributed by atoms with van der Waals surface area (Å²) in [6.07, 6.45) is 1.52. The van der Waals surface area contributed by atoms with Gasteiger partial charge in [0.25, 0.3) is 5.56 Å². The standard InChI is InChI=1S/C12H20ClN3O2/c1-7(2)10(6-17)15-9-5-14-16(8(3)4)12(18)11(9)13/h5,7-8,10,15,17H,6H2,1-4H3. The molecule has 0 amide bonds. The lowest BCUT2D eigenvalue weighted by atomic mass is 10.1. The van der Waals surface area contributed by atoms with Gasteiger partial charge in [0.1, 0.15) is 5.02 Å². The molecule has 5 nitrogen and oxygen atoms in total. The number of aliphatic hydroxyl groups excluding tert-OH is 1. The van der Waals surface area contributed by atoms with Crippen molar-refractivity contribution >= 4 is 17.3 Å². The van der Waals surface area contributed by atoms with Gasteiger partial charge in [0, 0.05) is 0 Å². The Morgan fingerprint density at radius 1 is 1.44 bits per heavy atom. The molecule has 2 N–H and O–H groups in total. The van der Waals surface area contributed by atoms with Gasteiger partial charge in [-0.25, -0.2) is 4.68 Å². The molecular formula is C12H20ClN3O2. The highest BCUT2D eigenvalue weighted by atomic mass is 35.5. The van der Waals surface area contributed by atoms with E-state index in [0.29, 0.717) is 5.69 Å². The van der Waals surface area contributed by atoms with Crippen molar-refractivity contribution in [3.63, 3.8) is 0 Å². The van der Waals surface area contributed by atoms with Gasteiger partial charge in [-0.3, -0.25) is 4.79 Å². The maximum atomic E-state index is 11.9. The van der Waals surface area contributed by atoms with E-state index in [-0.39, 0.29) is 35.2 Å². The Morgan fingerprint density at radius 2 is 2.06 bits per heavy atom. The molecule has 1 rings (SSSR count). The maximum absolute atomic E-state index is 11.9. The van der Waals surface area contributed by atoms with Gasteiger partial charge in [-0.2, -0.15) is 5.10 Å². The van der Waals surface area contributed by atoms with Gasteiger partial charge >= 0.3 is 0 Å². The monoisotopic (exact) mass is 273 g/mol. The van der Waals surface area contributed by atoms with Crippen molar-refractivity contribution in [2.24, 2.45) is 5.92 Å². The third-order valence-corrected chi connectivity index (χ3v) is 3.14. The minimum absolute atomic E-state index is 0.0265. The third kappa shape index (κ3) is 3.23. The summed E-state index contributed by atoms with van der Waals surface area (Å²) in [4.78, 5) is 11.9. The number of nitrogens with one attached hydrogen (secondary N) is 1. The summed E-state index contributed by atoms with van der Waals surface area (Å²) in [5.41, 5.74) is 0.142. The fourth-order valence-electron chi connectivity index (χ4n) is 1.54. The first kappa shape index (κ1) is 15.0. The largest absolute Gasteiger partial charge is 0.394 e. The molecule has 0 fully saturated rings. The number of aliphatic hydroxyl groups is 1. The highest BCUT2D eigenvalue weighted by Crippen LogP contribution is 2.19. The second-order valence-corrected chi connectivity index (χ2v) is 5.27. The number of rotatable bonds is 5. The molecule has 0 aromatic carbocycles. The molecule has 1 aromatic heterocycles. The second kappa shape index (κ2) is 6.20. The van der Waals surface area contributed by atoms with E-state index in [9.17, 15) is 9.90 Å². The summed E-state index contributed by atoms with van der Waals surface area (Å²) in [5, 5.41) is 16.5. The predicted molar refractivity (Wildman–Crippen MR) is 73.2 cm³/mol. The first-order valence-electron chi connectivity index (χ1n) is 6.03. The molecule has 0 aliphatic heterocycles. The van der Waals surface area contributed by atoms with Crippen molar-refractivity contribution in [2.75, 3.05) is 11.9 Å². The molecule has 0 spiro atoms. The van der Waals surface area contributed by atoms with Crippen LogP contribution in [0.25, 0.3) is 0 Å². The van der Waals surface area contributed by atoms with Crippen molar-refractivity contribution in [2.45, 2.75) is 39.8 Å². The van der Waals surface area contributed by atoms with Gasteiger partial charge in [-0.15, -0.1) is 0 Å². The Morgan fingerprint density at radius 3 is 2.50 bits per heavy atom. The quantitative estimate of drug-likeness (QED) is 0.860. The summed E-state index contributed by atoms with van der Waals surface area (Å²) < 4.78 is 1.33. The van der Waals surface area contributed by atoms with E-state index >= 15 is 0 Å². The molecule has 6 heteroatoms. The fourth-order valence-corrected chi connectivity index (χ4v) is 1.73. The van der Waals surface area contributed by atoms with Gasteiger partial charge < -0.3 is 10.4 Å². The van der Waals surface area contributed by atoms with Crippen LogP contribution in [0.15, 0.2) is 11.0 Å². The molecule has 1 heterocycles. The molecule has 1 aromatic rings. The molecule has 18 heavy (non-hydrogen) atoms. The van der Waals surface area contributed by atoms with E-state index in [1.807, 2.05) is 27.7 Å². The van der Waals surface area contributed by atoms with Crippen molar-refractivity contribution in [1.82, 2.24) is 9.78 Å². The minimum Gasteiger partial charge on any atom is -0.394 e. The number of aromatic nitrogens is 2. The van der Waals surface area contributed by atoms with Crippen LogP contribution in [0, 0.1) is 5.92 Å². The summed E-state index contributed by atoms with van der Waals surface area (Å²) in [6, 6.07) is -0.193. The van der Waals surface area contributed by atoms with E-state index < -0.39 is 0 Å². The Labute approximate surface area is 112 Å². The van der Waals surface area contributed by atoms with Crippen LogP contribution in [0.1, 0.15) is 33.7 Å². The molecule has 1 atom stereocenters. The molecule has 0 saturated carbocycles. The molecule has 0 bridgehead atoms. The van der Waals surface area contributed by atoms with Crippen molar-refractivity contribution in [1.29, 1.82) is 0 Å². The zero-order valence-corrected chi connectivity index (χ0v) is 11.9. The van der Waals surface area contributed by atoms with E-state index in [1.165, 1.54) is 10.9 Å². The molecule has 0 aliphatic carbocycles. The summed E-state index contributed by atoms with van der Waals surface area (Å²) >= 11 is 6.03. The smallest absolute Gasteiger partial charge is 0.287 e. The topological polar surface area (TPSA) is 67.2 Å². The molecular weight excluding hydrogens is 254 g/mol. The van der Waals surface area contributed by atoms with Crippen molar-refractivity contribution < 1.29 is 5.11 Å². The van der Waals surface area contributed by atoms with E-state index in [4.69, 9.17) is 11.6 Å². The predicted octanol–water partition coefficient (Wildman–Crippen LogP) is 1.91. The van der Waals surface area contributed by atoms with Gasteiger partial charge in [0.2, 0.25) is 0 Å². The van der Waals surface area contributed by atoms with Crippen molar-refractivity contribution in [3.8, 4) is 0 Å². The SMILES string of the molecule is CC(C)C(CO)Nc1cnn(C(C)C)c(=O)c1Cl. The number of hydrogen-bond acceptors (Lipinski definition) is 4. The lowest BCUT2D eigenvalue weighted by molar-refractivity contribution is 0.249. The highest BCUT2D eigenvalue weighted by molar-refractivity contribution is 6.32. The zero-order chi connectivity index (χ0) is 13.9. The number of hydrogen-bond donors (Lipinski definition) is 2. The van der Waals surface area contributed by atoms with Gasteiger partial charge in [-0.1, -0.05) is 25.4 Å². The van der Waals surface area contributed by atoms with Crippen molar-refractivity contribution in [3.05, 3.63) is 21.6 Å². The van der Waals surface area contributed by atoms with Crippen LogP contribution in [0.4, 0.5) is 5.69 Å². The van der Waals surface area contributed by atoms with Crippen LogP contribution in [0.5, 0.6) is 0 Å². The summed E-state index contributed by atoms with van der Waals surface area (Å²) in [7, 11) is 0. The van der Waals surface area contributed by atoms with E-state index in [0.717, 1.165) is 0 Å². The average Bonchev–Trinajstić information content (AvgIpc) is 2.30. The maximum Gasteiger partial charge on any atom is 0.287 e. The highest BCUT2D eigenvalue weighted by Gasteiger charge is 2.16. The van der Waals surface area contributed by atoms with Gasteiger partial charge in [0.15, 0.2) is 0 Å². The van der Waals surface area contributed by atoms with E-state index in [1.54, 1.807) is 0 Å². The Bertz CT molecular complexity index is 457.